The fraction of sp³-hybridized carbons (Fsp3) is 0.450. The second-order valence-corrected chi connectivity index (χ2v) is 8.87. The summed E-state index contributed by atoms with van der Waals surface area (Å²) < 4.78 is 2.20. The number of carbonyl (C=O) groups is 3. The lowest BCUT2D eigenvalue weighted by molar-refractivity contribution is -0.138. The molecule has 2 heterocycles. The van der Waals surface area contributed by atoms with E-state index in [4.69, 9.17) is 16.6 Å². The van der Waals surface area contributed by atoms with Gasteiger partial charge in [-0.1, -0.05) is 6.07 Å². The molecule has 30 heavy (non-hydrogen) atoms. The third-order valence-electron chi connectivity index (χ3n) is 4.44. The van der Waals surface area contributed by atoms with Crippen LogP contribution in [0.25, 0.3) is 10.6 Å². The number of aryl methyl sites for hydroxylation is 1. The molecule has 0 saturated carbocycles. The number of thiophene rings is 1. The van der Waals surface area contributed by atoms with E-state index in [2.05, 4.69) is 28.2 Å². The Kier molecular flexibility index (Phi) is 10.1. The zero-order valence-corrected chi connectivity index (χ0v) is 18.3. The lowest BCUT2D eigenvalue weighted by atomic mass is 10.1. The van der Waals surface area contributed by atoms with E-state index in [1.54, 1.807) is 11.3 Å². The van der Waals surface area contributed by atoms with Crippen molar-refractivity contribution in [3.63, 3.8) is 0 Å². The number of carbonyl (C=O) groups excluding carboxylic acids is 2. The molecule has 2 aromatic rings. The first-order chi connectivity index (χ1) is 14.4. The lowest BCUT2D eigenvalue weighted by Crippen LogP contribution is -2.39. The number of unbranched alkanes of at least 4 members (excludes halogenated alkanes) is 1. The number of rotatable bonds is 14. The predicted octanol–water partition coefficient (Wildman–Crippen LogP) is 1.92. The number of nitrogens with two attached hydrogens (primary N) is 2. The number of carboxylic acid groups (broad SMARTS) is 1. The Balaban J connectivity index is 1.94. The van der Waals surface area contributed by atoms with E-state index in [0.717, 1.165) is 30.0 Å². The number of aldehydes is 1. The van der Waals surface area contributed by atoms with Gasteiger partial charge in [-0.15, -0.1) is 23.1 Å². The van der Waals surface area contributed by atoms with Crippen molar-refractivity contribution in [1.82, 2.24) is 9.88 Å². The smallest absolute Gasteiger partial charge is 0.320 e. The molecule has 0 aliphatic rings. The van der Waals surface area contributed by atoms with Crippen LogP contribution in [-0.2, 0) is 20.9 Å². The molecule has 2 atom stereocenters. The topological polar surface area (TPSA) is 140 Å². The van der Waals surface area contributed by atoms with Gasteiger partial charge in [0.05, 0.1) is 16.6 Å². The van der Waals surface area contributed by atoms with Gasteiger partial charge >= 0.3 is 5.97 Å². The quantitative estimate of drug-likeness (QED) is 0.195. The van der Waals surface area contributed by atoms with E-state index >= 15 is 0 Å². The normalized spacial score (nSPS) is 13.0. The number of amides is 1. The van der Waals surface area contributed by atoms with Crippen LogP contribution in [0.3, 0.4) is 0 Å². The number of nitrogens with zero attached hydrogens (tertiary/aromatic N) is 1. The summed E-state index contributed by atoms with van der Waals surface area (Å²) >= 11 is 3.16. The Morgan fingerprint density at radius 2 is 2.17 bits per heavy atom. The van der Waals surface area contributed by atoms with Crippen LogP contribution in [-0.4, -0.2) is 52.2 Å². The van der Waals surface area contributed by atoms with E-state index in [-0.39, 0.29) is 18.7 Å². The summed E-state index contributed by atoms with van der Waals surface area (Å²) in [6, 6.07) is 4.43. The molecule has 0 saturated heterocycles. The monoisotopic (exact) mass is 452 g/mol. The van der Waals surface area contributed by atoms with Crippen LogP contribution >= 0.6 is 23.1 Å². The molecule has 0 aliphatic heterocycles. The Morgan fingerprint density at radius 3 is 2.80 bits per heavy atom. The lowest BCUT2D eigenvalue weighted by Gasteiger charge is -2.12. The highest BCUT2D eigenvalue weighted by Crippen LogP contribution is 2.31. The molecule has 2 rings (SSSR count). The van der Waals surface area contributed by atoms with Gasteiger partial charge in [0.2, 0.25) is 5.91 Å². The summed E-state index contributed by atoms with van der Waals surface area (Å²) in [5.74, 6) is -1.15. The van der Waals surface area contributed by atoms with Crippen LogP contribution in [0.4, 0.5) is 0 Å². The Labute approximate surface area is 184 Å². The molecular weight excluding hydrogens is 424 g/mol. The molecule has 2 unspecified atom stereocenters. The minimum atomic E-state index is -1.15. The third-order valence-corrected chi connectivity index (χ3v) is 6.41. The number of carboxylic acids is 1. The average molecular weight is 453 g/mol. The highest BCUT2D eigenvalue weighted by atomic mass is 32.2. The number of nitrogens with one attached hydrogen (secondary N) is 1. The van der Waals surface area contributed by atoms with Gasteiger partial charge in [0.1, 0.15) is 12.3 Å². The van der Waals surface area contributed by atoms with Gasteiger partial charge in [0.15, 0.2) is 0 Å². The van der Waals surface area contributed by atoms with E-state index < -0.39 is 18.1 Å². The maximum Gasteiger partial charge on any atom is 0.320 e. The molecule has 0 fully saturated rings. The SMILES string of the molecule is NCCCCn1cc(SCC(C=O)NC(=O)CCC(N)C(=O)O)cc1-c1cccs1. The maximum atomic E-state index is 12.0. The second-order valence-electron chi connectivity index (χ2n) is 6.83. The molecular formula is C20H28N4O4S2. The highest BCUT2D eigenvalue weighted by molar-refractivity contribution is 7.99. The highest BCUT2D eigenvalue weighted by Gasteiger charge is 2.17. The molecule has 0 bridgehead atoms. The van der Waals surface area contributed by atoms with Gasteiger partial charge in [-0.2, -0.15) is 0 Å². The molecule has 0 aromatic carbocycles. The Morgan fingerprint density at radius 1 is 1.37 bits per heavy atom. The van der Waals surface area contributed by atoms with Gasteiger partial charge in [0.25, 0.3) is 0 Å². The van der Waals surface area contributed by atoms with E-state index in [1.165, 1.54) is 16.6 Å². The third kappa shape index (κ3) is 7.60. The minimum Gasteiger partial charge on any atom is -0.480 e. The molecule has 0 spiro atoms. The maximum absolute atomic E-state index is 12.0. The minimum absolute atomic E-state index is 0.0235. The summed E-state index contributed by atoms with van der Waals surface area (Å²) in [5, 5.41) is 13.4. The molecule has 2 aromatic heterocycles. The van der Waals surface area contributed by atoms with E-state index in [0.29, 0.717) is 18.6 Å². The van der Waals surface area contributed by atoms with E-state index in [1.807, 2.05) is 11.4 Å². The fourth-order valence-electron chi connectivity index (χ4n) is 2.80. The summed E-state index contributed by atoms with van der Waals surface area (Å²) in [5.41, 5.74) is 12.1. The van der Waals surface area contributed by atoms with Gasteiger partial charge < -0.3 is 31.3 Å². The van der Waals surface area contributed by atoms with Crippen molar-refractivity contribution in [2.24, 2.45) is 11.5 Å². The summed E-state index contributed by atoms with van der Waals surface area (Å²) in [6.07, 6.45) is 4.68. The first-order valence-electron chi connectivity index (χ1n) is 9.74. The van der Waals surface area contributed by atoms with Crippen molar-refractivity contribution in [2.45, 2.75) is 49.2 Å². The zero-order chi connectivity index (χ0) is 21.9. The molecule has 0 radical (unpaired) electrons. The van der Waals surface area contributed by atoms with Gasteiger partial charge in [-0.25, -0.2) is 0 Å². The number of thioether (sulfide) groups is 1. The van der Waals surface area contributed by atoms with Crippen LogP contribution in [0.1, 0.15) is 25.7 Å². The summed E-state index contributed by atoms with van der Waals surface area (Å²) in [6.45, 7) is 1.53. The van der Waals surface area contributed by atoms with Gasteiger partial charge in [-0.3, -0.25) is 9.59 Å². The fourth-order valence-corrected chi connectivity index (χ4v) is 4.48. The van der Waals surface area contributed by atoms with Crippen LogP contribution in [0.15, 0.2) is 34.7 Å². The number of hydrogen-bond donors (Lipinski definition) is 4. The van der Waals surface area contributed by atoms with Crippen LogP contribution in [0.2, 0.25) is 0 Å². The first-order valence-corrected chi connectivity index (χ1v) is 11.6. The first kappa shape index (κ1) is 24.1. The van der Waals surface area contributed by atoms with E-state index in [9.17, 15) is 14.4 Å². The van der Waals surface area contributed by atoms with Gasteiger partial charge in [0, 0.05) is 29.8 Å². The van der Waals surface area contributed by atoms with Crippen LogP contribution in [0, 0.1) is 0 Å². The van der Waals surface area contributed by atoms with Crippen molar-refractivity contribution >= 4 is 41.3 Å². The molecule has 8 nitrogen and oxygen atoms in total. The average Bonchev–Trinajstić information content (AvgIpc) is 3.39. The summed E-state index contributed by atoms with van der Waals surface area (Å²) in [7, 11) is 0. The number of aliphatic carboxylic acids is 1. The predicted molar refractivity (Wildman–Crippen MR) is 120 cm³/mol. The standard InChI is InChI=1S/C20H28N4O4S2/c21-7-1-2-8-24-11-15(10-17(24)18-4-3-9-29-18)30-13-14(12-25)23-19(26)6-5-16(22)20(27)28/h3-4,9-12,14,16H,1-2,5-8,13,21-22H2,(H,23,26)(H,27,28). The molecule has 6 N–H and O–H groups in total. The van der Waals surface area contributed by atoms with Gasteiger partial charge in [-0.05, 0) is 43.3 Å². The van der Waals surface area contributed by atoms with Crippen LogP contribution in [0.5, 0.6) is 0 Å². The largest absolute Gasteiger partial charge is 0.480 e. The number of aromatic nitrogens is 1. The van der Waals surface area contributed by atoms with Crippen molar-refractivity contribution in [3.8, 4) is 10.6 Å². The Bertz CT molecular complexity index is 823. The van der Waals surface area contributed by atoms with Crippen molar-refractivity contribution in [2.75, 3.05) is 12.3 Å². The summed E-state index contributed by atoms with van der Waals surface area (Å²) in [4.78, 5) is 36.3. The molecule has 1 amide bonds. The van der Waals surface area contributed by atoms with Crippen LogP contribution < -0.4 is 16.8 Å². The molecule has 10 heteroatoms. The van der Waals surface area contributed by atoms with Crippen molar-refractivity contribution in [1.29, 1.82) is 0 Å². The Hall–Kier alpha value is -2.14. The van der Waals surface area contributed by atoms with Crippen molar-refractivity contribution < 1.29 is 19.5 Å². The number of hydrogen-bond acceptors (Lipinski definition) is 7. The molecule has 164 valence electrons. The molecule has 0 aliphatic carbocycles. The zero-order valence-electron chi connectivity index (χ0n) is 16.7. The second kappa shape index (κ2) is 12.5. The van der Waals surface area contributed by atoms with Crippen molar-refractivity contribution in [3.05, 3.63) is 29.8 Å².